The van der Waals surface area contributed by atoms with Gasteiger partial charge in [-0.25, -0.2) is 4.98 Å². The fourth-order valence-electron chi connectivity index (χ4n) is 3.83. The van der Waals surface area contributed by atoms with E-state index in [0.29, 0.717) is 32.0 Å². The van der Waals surface area contributed by atoms with Gasteiger partial charge in [0.1, 0.15) is 22.1 Å². The smallest absolute Gasteiger partial charge is 0.273 e. The van der Waals surface area contributed by atoms with Gasteiger partial charge in [0.05, 0.1) is 28.4 Å². The van der Waals surface area contributed by atoms with Crippen molar-refractivity contribution in [1.29, 1.82) is 5.26 Å². The SMILES string of the molecule is COc1ccc(-n2c(=O)/c(=C\c3sccc3C)s/c2=C(/C#N)c2nc3ccccc3n2C)cc1. The first-order valence-electron chi connectivity index (χ1n) is 10.5. The Bertz CT molecular complexity index is 1750. The molecule has 0 bridgehead atoms. The molecule has 6 nitrogen and oxygen atoms in total. The monoisotopic (exact) mass is 484 g/mol. The van der Waals surface area contributed by atoms with Gasteiger partial charge in [0, 0.05) is 11.9 Å². The van der Waals surface area contributed by atoms with Crippen LogP contribution < -0.4 is 19.5 Å². The molecule has 0 N–H and O–H groups in total. The predicted octanol–water partition coefficient (Wildman–Crippen LogP) is 3.72. The highest BCUT2D eigenvalue weighted by molar-refractivity contribution is 7.11. The molecule has 0 fully saturated rings. The van der Waals surface area contributed by atoms with Crippen molar-refractivity contribution in [2.24, 2.45) is 7.05 Å². The number of benzene rings is 2. The molecule has 0 spiro atoms. The molecule has 0 amide bonds. The van der Waals surface area contributed by atoms with Crippen molar-refractivity contribution in [3.8, 4) is 17.5 Å². The van der Waals surface area contributed by atoms with E-state index in [1.54, 1.807) is 35.1 Å². The van der Waals surface area contributed by atoms with Crippen molar-refractivity contribution in [2.45, 2.75) is 6.92 Å². The van der Waals surface area contributed by atoms with E-state index < -0.39 is 0 Å². The van der Waals surface area contributed by atoms with Crippen LogP contribution in [-0.2, 0) is 7.05 Å². The molecular weight excluding hydrogens is 464 g/mol. The van der Waals surface area contributed by atoms with Crippen molar-refractivity contribution in [1.82, 2.24) is 14.1 Å². The second-order valence-electron chi connectivity index (χ2n) is 7.69. The van der Waals surface area contributed by atoms with Gasteiger partial charge in [-0.1, -0.05) is 12.1 Å². The summed E-state index contributed by atoms with van der Waals surface area (Å²) >= 11 is 2.88. The maximum absolute atomic E-state index is 13.7. The fourth-order valence-corrected chi connectivity index (χ4v) is 5.85. The third kappa shape index (κ3) is 3.65. The third-order valence-electron chi connectivity index (χ3n) is 5.65. The average molecular weight is 485 g/mol. The van der Waals surface area contributed by atoms with Crippen molar-refractivity contribution >= 4 is 45.4 Å². The molecule has 0 aliphatic carbocycles. The number of thiazole rings is 1. The molecule has 5 aromatic rings. The van der Waals surface area contributed by atoms with Crippen LogP contribution in [0.5, 0.6) is 5.75 Å². The van der Waals surface area contributed by atoms with Crippen LogP contribution in [0.1, 0.15) is 16.3 Å². The molecule has 0 radical (unpaired) electrons. The van der Waals surface area contributed by atoms with E-state index in [1.807, 2.05) is 72.5 Å². The lowest BCUT2D eigenvalue weighted by Gasteiger charge is -2.06. The van der Waals surface area contributed by atoms with Crippen LogP contribution in [0.3, 0.4) is 0 Å². The number of para-hydroxylation sites is 2. The number of nitriles is 1. The normalized spacial score (nSPS) is 12.7. The Morgan fingerprint density at radius 2 is 1.91 bits per heavy atom. The Morgan fingerprint density at radius 1 is 1.15 bits per heavy atom. The van der Waals surface area contributed by atoms with E-state index in [4.69, 9.17) is 9.72 Å². The van der Waals surface area contributed by atoms with Gasteiger partial charge in [0.15, 0.2) is 5.82 Å². The first-order valence-corrected chi connectivity index (χ1v) is 12.2. The molecule has 0 aliphatic rings. The zero-order chi connectivity index (χ0) is 23.8. The van der Waals surface area contributed by atoms with Gasteiger partial charge in [0.2, 0.25) is 0 Å². The summed E-state index contributed by atoms with van der Waals surface area (Å²) in [6, 6.07) is 19.3. The standard InChI is InChI=1S/C26H20N4O2S2/c1-16-12-13-33-22(16)14-23-25(31)30(17-8-10-18(32-3)11-9-17)26(34-23)19(15-27)24-28-20-6-4-5-7-21(20)29(24)2/h4-14H,1-3H3/b23-14+,26-19-. The molecule has 0 atom stereocenters. The Hall–Kier alpha value is -3.93. The predicted molar refractivity (Wildman–Crippen MR) is 137 cm³/mol. The third-order valence-corrected chi connectivity index (χ3v) is 7.71. The topological polar surface area (TPSA) is 72.8 Å². The highest BCUT2D eigenvalue weighted by Gasteiger charge is 2.18. The maximum atomic E-state index is 13.7. The summed E-state index contributed by atoms with van der Waals surface area (Å²) in [5.41, 5.74) is 3.65. The highest BCUT2D eigenvalue weighted by atomic mass is 32.1. The van der Waals surface area contributed by atoms with Gasteiger partial charge in [-0.05, 0) is 66.4 Å². The summed E-state index contributed by atoms with van der Waals surface area (Å²) < 4.78 is 9.86. The average Bonchev–Trinajstić information content (AvgIpc) is 3.51. The first kappa shape index (κ1) is 21.9. The molecule has 0 saturated heterocycles. The molecule has 2 aromatic carbocycles. The summed E-state index contributed by atoms with van der Waals surface area (Å²) in [4.78, 5) is 19.4. The van der Waals surface area contributed by atoms with E-state index in [-0.39, 0.29) is 5.56 Å². The number of imidazole rings is 1. The summed E-state index contributed by atoms with van der Waals surface area (Å²) in [7, 11) is 3.48. The summed E-state index contributed by atoms with van der Waals surface area (Å²) in [6.07, 6.45) is 1.90. The molecule has 8 heteroatoms. The highest BCUT2D eigenvalue weighted by Crippen LogP contribution is 2.20. The number of ether oxygens (including phenoxy) is 1. The Kier molecular flexibility index (Phi) is 5.65. The van der Waals surface area contributed by atoms with E-state index in [9.17, 15) is 10.1 Å². The van der Waals surface area contributed by atoms with E-state index >= 15 is 0 Å². The number of methoxy groups -OCH3 is 1. The van der Waals surface area contributed by atoms with Crippen LogP contribution in [0.2, 0.25) is 0 Å². The number of rotatable bonds is 4. The largest absolute Gasteiger partial charge is 0.497 e. The van der Waals surface area contributed by atoms with E-state index in [0.717, 1.165) is 21.5 Å². The molecule has 34 heavy (non-hydrogen) atoms. The van der Waals surface area contributed by atoms with Crippen LogP contribution in [-0.4, -0.2) is 21.2 Å². The number of hydrogen-bond donors (Lipinski definition) is 0. The van der Waals surface area contributed by atoms with Crippen molar-refractivity contribution in [3.63, 3.8) is 0 Å². The molecule has 0 unspecified atom stereocenters. The molecule has 5 rings (SSSR count). The van der Waals surface area contributed by atoms with Gasteiger partial charge in [-0.15, -0.1) is 22.7 Å². The minimum atomic E-state index is -0.176. The van der Waals surface area contributed by atoms with Gasteiger partial charge in [0.25, 0.3) is 5.56 Å². The number of fused-ring (bicyclic) bond motifs is 1. The van der Waals surface area contributed by atoms with Crippen molar-refractivity contribution in [2.75, 3.05) is 7.11 Å². The quantitative estimate of drug-likeness (QED) is 0.390. The summed E-state index contributed by atoms with van der Waals surface area (Å²) in [6.45, 7) is 2.02. The molecular formula is C26H20N4O2S2. The molecule has 3 aromatic heterocycles. The number of thiophene rings is 1. The van der Waals surface area contributed by atoms with Gasteiger partial charge >= 0.3 is 0 Å². The van der Waals surface area contributed by atoms with Gasteiger partial charge in [-0.2, -0.15) is 5.26 Å². The second-order valence-corrected chi connectivity index (χ2v) is 9.67. The van der Waals surface area contributed by atoms with Gasteiger partial charge in [-0.3, -0.25) is 9.36 Å². The number of nitrogens with zero attached hydrogens (tertiary/aromatic N) is 4. The van der Waals surface area contributed by atoms with E-state index in [1.165, 1.54) is 11.3 Å². The van der Waals surface area contributed by atoms with Crippen LogP contribution >= 0.6 is 22.7 Å². The zero-order valence-corrected chi connectivity index (χ0v) is 20.4. The summed E-state index contributed by atoms with van der Waals surface area (Å²) in [5.74, 6) is 1.21. The minimum Gasteiger partial charge on any atom is -0.497 e. The Morgan fingerprint density at radius 3 is 2.56 bits per heavy atom. The first-order chi connectivity index (χ1) is 16.5. The van der Waals surface area contributed by atoms with Crippen molar-refractivity contribution < 1.29 is 4.74 Å². The van der Waals surface area contributed by atoms with Crippen LogP contribution in [0.4, 0.5) is 0 Å². The molecule has 168 valence electrons. The van der Waals surface area contributed by atoms with E-state index in [2.05, 4.69) is 6.07 Å². The van der Waals surface area contributed by atoms with Gasteiger partial charge < -0.3 is 9.30 Å². The summed E-state index contributed by atoms with van der Waals surface area (Å²) in [5, 5.41) is 12.3. The lowest BCUT2D eigenvalue weighted by molar-refractivity contribution is 0.414. The lowest BCUT2D eigenvalue weighted by atomic mass is 10.2. The minimum absolute atomic E-state index is 0.176. The maximum Gasteiger partial charge on any atom is 0.273 e. The number of aryl methyl sites for hydroxylation is 2. The van der Waals surface area contributed by atoms with Crippen LogP contribution in [0.25, 0.3) is 28.4 Å². The number of aromatic nitrogens is 3. The van der Waals surface area contributed by atoms with Crippen LogP contribution in [0.15, 0.2) is 64.8 Å². The number of hydrogen-bond acceptors (Lipinski definition) is 6. The second kappa shape index (κ2) is 8.78. The van der Waals surface area contributed by atoms with Crippen LogP contribution in [0, 0.1) is 18.3 Å². The zero-order valence-electron chi connectivity index (χ0n) is 18.8. The fraction of sp³-hybridized carbons (Fsp3) is 0.115. The Labute approximate surface area is 203 Å². The lowest BCUT2D eigenvalue weighted by Crippen LogP contribution is -2.31. The van der Waals surface area contributed by atoms with Crippen molar-refractivity contribution in [3.05, 3.63) is 95.8 Å². The Balaban J connectivity index is 1.88. The molecule has 0 saturated carbocycles. The molecule has 3 heterocycles. The molecule has 0 aliphatic heterocycles.